The van der Waals surface area contributed by atoms with Gasteiger partial charge in [0.15, 0.2) is 5.17 Å². The predicted molar refractivity (Wildman–Crippen MR) is 79.3 cm³/mol. The van der Waals surface area contributed by atoms with Crippen LogP contribution in [0.4, 0.5) is 0 Å². The van der Waals surface area contributed by atoms with Crippen LogP contribution in [-0.2, 0) is 4.79 Å². The molecule has 0 bridgehead atoms. The average Bonchev–Trinajstić information content (AvgIpc) is 2.67. The summed E-state index contributed by atoms with van der Waals surface area (Å²) in [4.78, 5) is 15.6. The van der Waals surface area contributed by atoms with E-state index in [9.17, 15) is 4.79 Å². The first-order chi connectivity index (χ1) is 9.10. The highest BCUT2D eigenvalue weighted by Gasteiger charge is 2.20. The molecule has 1 heterocycles. The maximum atomic E-state index is 11.6. The molecule has 0 aromatic heterocycles. The first-order valence-electron chi connectivity index (χ1n) is 5.41. The van der Waals surface area contributed by atoms with Gasteiger partial charge in [0.2, 0.25) is 0 Å². The van der Waals surface area contributed by atoms with Crippen LogP contribution in [0, 0.1) is 0 Å². The molecule has 0 radical (unpaired) electrons. The molecule has 0 spiro atoms. The number of ether oxygens (including phenoxy) is 1. The highest BCUT2D eigenvalue weighted by Crippen LogP contribution is 2.31. The van der Waals surface area contributed by atoms with E-state index in [1.54, 1.807) is 30.4 Å². The monoisotopic (exact) mass is 294 g/mol. The minimum Gasteiger partial charge on any atom is -0.489 e. The molecular formula is C13H11ClN2O2S. The van der Waals surface area contributed by atoms with Gasteiger partial charge in [0.05, 0.1) is 4.91 Å². The second-order valence-electron chi connectivity index (χ2n) is 3.65. The number of thioether (sulfide) groups is 1. The van der Waals surface area contributed by atoms with Gasteiger partial charge in [-0.2, -0.15) is 4.99 Å². The summed E-state index contributed by atoms with van der Waals surface area (Å²) in [7, 11) is 0. The molecule has 1 aliphatic heterocycles. The Bertz CT molecular complexity index is 596. The fourth-order valence-electron chi connectivity index (χ4n) is 1.48. The van der Waals surface area contributed by atoms with Gasteiger partial charge in [0.1, 0.15) is 12.4 Å². The molecule has 0 unspecified atom stereocenters. The summed E-state index contributed by atoms with van der Waals surface area (Å²) in [6.07, 6.45) is 3.31. The molecule has 1 aromatic rings. The molecule has 6 heteroatoms. The maximum absolute atomic E-state index is 11.6. The van der Waals surface area contributed by atoms with Crippen LogP contribution in [0.25, 0.3) is 6.08 Å². The van der Waals surface area contributed by atoms with Crippen molar-refractivity contribution in [2.24, 2.45) is 10.7 Å². The second-order valence-corrected chi connectivity index (χ2v) is 5.15. The van der Waals surface area contributed by atoms with E-state index in [1.807, 2.05) is 0 Å². The van der Waals surface area contributed by atoms with Gasteiger partial charge in [0.25, 0.3) is 5.91 Å². The minimum absolute atomic E-state index is 0.242. The van der Waals surface area contributed by atoms with Crippen LogP contribution < -0.4 is 10.5 Å². The number of hydrogen-bond acceptors (Lipinski definition) is 4. The molecule has 0 fully saturated rings. The van der Waals surface area contributed by atoms with Crippen molar-refractivity contribution >= 4 is 40.5 Å². The van der Waals surface area contributed by atoms with Crippen molar-refractivity contribution in [1.29, 1.82) is 0 Å². The van der Waals surface area contributed by atoms with Crippen molar-refractivity contribution in [2.45, 2.75) is 0 Å². The van der Waals surface area contributed by atoms with E-state index in [2.05, 4.69) is 11.6 Å². The summed E-state index contributed by atoms with van der Waals surface area (Å²) in [5.41, 5.74) is 6.20. The highest BCUT2D eigenvalue weighted by molar-refractivity contribution is 8.18. The number of amidine groups is 1. The lowest BCUT2D eigenvalue weighted by atomic mass is 10.2. The van der Waals surface area contributed by atoms with Crippen molar-refractivity contribution in [3.05, 3.63) is 46.3 Å². The molecule has 0 atom stereocenters. The molecule has 2 N–H and O–H groups in total. The fourth-order valence-corrected chi connectivity index (χ4v) is 2.33. The number of nitrogens with two attached hydrogens (primary N) is 1. The fraction of sp³-hybridized carbons (Fsp3) is 0.0769. The van der Waals surface area contributed by atoms with Crippen LogP contribution >= 0.6 is 23.4 Å². The van der Waals surface area contributed by atoms with Crippen molar-refractivity contribution in [1.82, 2.24) is 0 Å². The standard InChI is InChI=1S/C13H11ClN2O2S/c1-2-5-18-10-4-3-9(14)6-8(10)7-11-12(17)16-13(15)19-11/h2-4,6-7H,1,5H2,(H2,15,16,17)/b11-7+. The molecule has 2 rings (SSSR count). The van der Waals surface area contributed by atoms with E-state index < -0.39 is 0 Å². The van der Waals surface area contributed by atoms with E-state index >= 15 is 0 Å². The van der Waals surface area contributed by atoms with Crippen LogP contribution in [0.2, 0.25) is 5.02 Å². The SMILES string of the molecule is C=CCOc1ccc(Cl)cc1/C=C1/SC(N)=NC1=O. The average molecular weight is 295 g/mol. The largest absolute Gasteiger partial charge is 0.489 e. The van der Waals surface area contributed by atoms with Crippen molar-refractivity contribution in [2.75, 3.05) is 6.61 Å². The lowest BCUT2D eigenvalue weighted by Gasteiger charge is -2.08. The maximum Gasteiger partial charge on any atom is 0.286 e. The summed E-state index contributed by atoms with van der Waals surface area (Å²) in [5.74, 6) is 0.271. The van der Waals surface area contributed by atoms with Crippen LogP contribution in [0.15, 0.2) is 40.8 Å². The Hall–Kier alpha value is -1.72. The molecular weight excluding hydrogens is 284 g/mol. The Morgan fingerprint density at radius 1 is 1.53 bits per heavy atom. The molecule has 0 saturated heterocycles. The number of carbonyl (C=O) groups excluding carboxylic acids is 1. The Labute approximate surface area is 120 Å². The third kappa shape index (κ3) is 3.39. The third-order valence-electron chi connectivity index (χ3n) is 2.25. The summed E-state index contributed by atoms with van der Waals surface area (Å²) in [6, 6.07) is 5.18. The summed E-state index contributed by atoms with van der Waals surface area (Å²) in [6.45, 7) is 3.96. The molecule has 1 aliphatic rings. The van der Waals surface area contributed by atoms with Gasteiger partial charge in [-0.05, 0) is 36.0 Å². The zero-order valence-electron chi connectivity index (χ0n) is 9.93. The minimum atomic E-state index is -0.350. The number of amides is 1. The highest BCUT2D eigenvalue weighted by atomic mass is 35.5. The lowest BCUT2D eigenvalue weighted by Crippen LogP contribution is -2.01. The molecule has 1 aromatic carbocycles. The first-order valence-corrected chi connectivity index (χ1v) is 6.61. The van der Waals surface area contributed by atoms with Gasteiger partial charge in [-0.25, -0.2) is 0 Å². The molecule has 98 valence electrons. The van der Waals surface area contributed by atoms with Crippen LogP contribution in [0.3, 0.4) is 0 Å². The van der Waals surface area contributed by atoms with E-state index in [4.69, 9.17) is 22.1 Å². The Balaban J connectivity index is 2.33. The smallest absolute Gasteiger partial charge is 0.286 e. The van der Waals surface area contributed by atoms with Gasteiger partial charge in [-0.1, -0.05) is 24.3 Å². The van der Waals surface area contributed by atoms with Crippen LogP contribution in [0.1, 0.15) is 5.56 Å². The number of aliphatic imine (C=N–C) groups is 1. The first kappa shape index (κ1) is 13.7. The number of rotatable bonds is 4. The van der Waals surface area contributed by atoms with E-state index in [0.29, 0.717) is 27.8 Å². The lowest BCUT2D eigenvalue weighted by molar-refractivity contribution is -0.113. The normalized spacial score (nSPS) is 16.6. The zero-order chi connectivity index (χ0) is 13.8. The Morgan fingerprint density at radius 2 is 2.32 bits per heavy atom. The second kappa shape index (κ2) is 5.95. The summed E-state index contributed by atoms with van der Waals surface area (Å²) in [5, 5.41) is 0.800. The third-order valence-corrected chi connectivity index (χ3v) is 3.30. The predicted octanol–water partition coefficient (Wildman–Crippen LogP) is 2.83. The van der Waals surface area contributed by atoms with Gasteiger partial charge < -0.3 is 10.5 Å². The summed E-state index contributed by atoms with van der Waals surface area (Å²) >= 11 is 7.08. The molecule has 0 saturated carbocycles. The molecule has 0 aliphatic carbocycles. The van der Waals surface area contributed by atoms with Gasteiger partial charge in [-0.15, -0.1) is 0 Å². The van der Waals surface area contributed by atoms with Gasteiger partial charge in [-0.3, -0.25) is 4.79 Å². The van der Waals surface area contributed by atoms with E-state index in [0.717, 1.165) is 11.8 Å². The number of benzene rings is 1. The van der Waals surface area contributed by atoms with Crippen molar-refractivity contribution in [3.63, 3.8) is 0 Å². The quantitative estimate of drug-likeness (QED) is 0.685. The van der Waals surface area contributed by atoms with Crippen molar-refractivity contribution < 1.29 is 9.53 Å². The zero-order valence-corrected chi connectivity index (χ0v) is 11.5. The van der Waals surface area contributed by atoms with Gasteiger partial charge >= 0.3 is 0 Å². The van der Waals surface area contributed by atoms with Crippen LogP contribution in [-0.4, -0.2) is 17.7 Å². The summed E-state index contributed by atoms with van der Waals surface area (Å²) < 4.78 is 5.50. The molecule has 19 heavy (non-hydrogen) atoms. The number of hydrogen-bond donors (Lipinski definition) is 1. The van der Waals surface area contributed by atoms with Gasteiger partial charge in [0, 0.05) is 10.6 Å². The number of halogens is 1. The Kier molecular flexibility index (Phi) is 4.29. The number of carbonyl (C=O) groups is 1. The van der Waals surface area contributed by atoms with Crippen molar-refractivity contribution in [3.8, 4) is 5.75 Å². The van der Waals surface area contributed by atoms with E-state index in [1.165, 1.54) is 0 Å². The number of nitrogens with zero attached hydrogens (tertiary/aromatic N) is 1. The Morgan fingerprint density at radius 3 is 2.95 bits per heavy atom. The topological polar surface area (TPSA) is 64.7 Å². The molecule has 1 amide bonds. The van der Waals surface area contributed by atoms with Crippen LogP contribution in [0.5, 0.6) is 5.75 Å². The van der Waals surface area contributed by atoms with E-state index in [-0.39, 0.29) is 11.1 Å². The molecule has 4 nitrogen and oxygen atoms in total.